The molecule has 0 radical (unpaired) electrons. The molecule has 1 amide bonds. The summed E-state index contributed by atoms with van der Waals surface area (Å²) in [4.78, 5) is 21.5. The van der Waals surface area contributed by atoms with Crippen molar-refractivity contribution in [3.63, 3.8) is 0 Å². The molecule has 2 saturated heterocycles. The molecule has 0 aliphatic carbocycles. The second-order valence-electron chi connectivity index (χ2n) is 7.45. The number of guanidine groups is 1. The number of halogens is 1. The zero-order valence-corrected chi connectivity index (χ0v) is 20.5. The first kappa shape index (κ1) is 24.8. The van der Waals surface area contributed by atoms with E-state index in [0.29, 0.717) is 32.8 Å². The Bertz CT molecular complexity index is 698. The molecule has 30 heavy (non-hydrogen) atoms. The lowest BCUT2D eigenvalue weighted by molar-refractivity contribution is -0.142. The van der Waals surface area contributed by atoms with Crippen molar-refractivity contribution in [1.29, 1.82) is 0 Å². The third-order valence-electron chi connectivity index (χ3n) is 5.46. The van der Waals surface area contributed by atoms with Crippen LogP contribution in [-0.4, -0.2) is 95.6 Å². The lowest BCUT2D eigenvalue weighted by atomic mass is 10.2. The van der Waals surface area contributed by atoms with Crippen molar-refractivity contribution in [2.24, 2.45) is 12.0 Å². The van der Waals surface area contributed by atoms with Crippen molar-refractivity contribution < 1.29 is 14.3 Å². The summed E-state index contributed by atoms with van der Waals surface area (Å²) in [6.07, 6.45) is 2.46. The van der Waals surface area contributed by atoms with Gasteiger partial charge in [-0.3, -0.25) is 4.79 Å². The minimum Gasteiger partial charge on any atom is -0.385 e. The predicted molar refractivity (Wildman–Crippen MR) is 124 cm³/mol. The fourth-order valence-corrected chi connectivity index (χ4v) is 3.53. The molecule has 1 atom stereocenters. The first-order chi connectivity index (χ1) is 14.1. The van der Waals surface area contributed by atoms with Crippen LogP contribution in [0.5, 0.6) is 0 Å². The maximum atomic E-state index is 12.6. The van der Waals surface area contributed by atoms with E-state index in [4.69, 9.17) is 14.5 Å². The van der Waals surface area contributed by atoms with Gasteiger partial charge in [0.15, 0.2) is 11.8 Å². The van der Waals surface area contributed by atoms with Crippen LogP contribution in [0.3, 0.4) is 0 Å². The van der Waals surface area contributed by atoms with E-state index >= 15 is 0 Å². The van der Waals surface area contributed by atoms with Crippen molar-refractivity contribution in [2.75, 3.05) is 53.0 Å². The summed E-state index contributed by atoms with van der Waals surface area (Å²) in [5.41, 5.74) is 0. The molecular formula is C19H34IN7O3. The Morgan fingerprint density at radius 1 is 1.27 bits per heavy atom. The van der Waals surface area contributed by atoms with Gasteiger partial charge in [0.05, 0.1) is 0 Å². The number of ether oxygens (including phenoxy) is 2. The number of nitrogens with one attached hydrogen (secondary N) is 1. The molecule has 1 N–H and O–H groups in total. The summed E-state index contributed by atoms with van der Waals surface area (Å²) in [6, 6.07) is 0. The molecule has 3 heterocycles. The zero-order chi connectivity index (χ0) is 20.6. The number of hydrogen-bond donors (Lipinski definition) is 1. The highest BCUT2D eigenvalue weighted by Gasteiger charge is 2.31. The van der Waals surface area contributed by atoms with Gasteiger partial charge in [0, 0.05) is 60.1 Å². The fraction of sp³-hybridized carbons (Fsp3) is 0.789. The predicted octanol–water partition coefficient (Wildman–Crippen LogP) is 0.547. The van der Waals surface area contributed by atoms with E-state index in [-0.39, 0.29) is 36.0 Å². The highest BCUT2D eigenvalue weighted by Crippen LogP contribution is 2.16. The van der Waals surface area contributed by atoms with Crippen LogP contribution in [-0.2, 0) is 27.9 Å². The van der Waals surface area contributed by atoms with E-state index in [9.17, 15) is 4.79 Å². The Labute approximate surface area is 195 Å². The maximum absolute atomic E-state index is 12.6. The number of aryl methyl sites for hydroxylation is 1. The van der Waals surface area contributed by atoms with E-state index in [2.05, 4.69) is 20.4 Å². The minimum absolute atomic E-state index is 0. The number of nitrogens with zero attached hydrogens (tertiary/aromatic N) is 6. The van der Waals surface area contributed by atoms with E-state index in [1.54, 1.807) is 7.11 Å². The van der Waals surface area contributed by atoms with Gasteiger partial charge in [-0.1, -0.05) is 0 Å². The van der Waals surface area contributed by atoms with Gasteiger partial charge in [-0.2, -0.15) is 0 Å². The van der Waals surface area contributed by atoms with E-state index in [1.807, 2.05) is 23.4 Å². The van der Waals surface area contributed by atoms with Crippen LogP contribution < -0.4 is 5.32 Å². The first-order valence-electron chi connectivity index (χ1n) is 10.4. The molecule has 2 aliphatic heterocycles. The van der Waals surface area contributed by atoms with Crippen molar-refractivity contribution in [1.82, 2.24) is 29.9 Å². The summed E-state index contributed by atoms with van der Waals surface area (Å²) < 4.78 is 12.6. The third kappa shape index (κ3) is 6.51. The standard InChI is InChI=1S/C19H33N7O3.HI/c1-15-22-23-17(24(15)2)14-21-19(20-7-5-12-28-3)26-10-8-25(9-11-26)18(27)16-6-4-13-29-16;/h16H,4-14H2,1-3H3,(H,20,21);1H. The van der Waals surface area contributed by atoms with Gasteiger partial charge < -0.3 is 29.2 Å². The van der Waals surface area contributed by atoms with Crippen LogP contribution in [0, 0.1) is 6.92 Å². The molecular weight excluding hydrogens is 501 g/mol. The van der Waals surface area contributed by atoms with Crippen LogP contribution in [0.1, 0.15) is 30.9 Å². The smallest absolute Gasteiger partial charge is 0.251 e. The van der Waals surface area contributed by atoms with Crippen LogP contribution >= 0.6 is 24.0 Å². The number of carbonyl (C=O) groups excluding carboxylic acids is 1. The molecule has 170 valence electrons. The second-order valence-corrected chi connectivity index (χ2v) is 7.45. The molecule has 2 aliphatic rings. The number of rotatable bonds is 7. The monoisotopic (exact) mass is 535 g/mol. The topological polar surface area (TPSA) is 97.1 Å². The number of aromatic nitrogens is 3. The molecule has 1 aromatic rings. The number of piperazine rings is 1. The van der Waals surface area contributed by atoms with E-state index in [0.717, 1.165) is 56.5 Å². The summed E-state index contributed by atoms with van der Waals surface area (Å²) in [5.74, 6) is 2.66. The molecule has 2 fully saturated rings. The number of aliphatic imine (C=N–C) groups is 1. The Morgan fingerprint density at radius 3 is 2.60 bits per heavy atom. The Kier molecular flexibility index (Phi) is 10.2. The first-order valence-corrected chi connectivity index (χ1v) is 10.4. The SMILES string of the molecule is COCCCNC(=NCc1nnc(C)n1C)N1CCN(C(=O)C2CCCO2)CC1.I. The average Bonchev–Trinajstić information content (AvgIpc) is 3.39. The third-order valence-corrected chi connectivity index (χ3v) is 5.46. The Balaban J connectivity index is 0.00000320. The van der Waals surface area contributed by atoms with Crippen LogP contribution in [0.2, 0.25) is 0 Å². The quantitative estimate of drug-likeness (QED) is 0.236. The van der Waals surface area contributed by atoms with Gasteiger partial charge in [-0.05, 0) is 26.2 Å². The zero-order valence-electron chi connectivity index (χ0n) is 18.2. The van der Waals surface area contributed by atoms with E-state index < -0.39 is 0 Å². The van der Waals surface area contributed by atoms with Gasteiger partial charge in [0.25, 0.3) is 5.91 Å². The lowest BCUT2D eigenvalue weighted by Crippen LogP contribution is -2.55. The Morgan fingerprint density at radius 2 is 2.00 bits per heavy atom. The van der Waals surface area contributed by atoms with Crippen molar-refractivity contribution in [3.8, 4) is 0 Å². The molecule has 10 nitrogen and oxygen atoms in total. The second kappa shape index (κ2) is 12.4. The fourth-order valence-electron chi connectivity index (χ4n) is 3.53. The highest BCUT2D eigenvalue weighted by atomic mass is 127. The largest absolute Gasteiger partial charge is 0.385 e. The van der Waals surface area contributed by atoms with Gasteiger partial charge in [0.2, 0.25) is 0 Å². The molecule has 0 bridgehead atoms. The molecule has 0 aromatic carbocycles. The molecule has 0 spiro atoms. The molecule has 1 aromatic heterocycles. The van der Waals surface area contributed by atoms with Gasteiger partial charge in [-0.25, -0.2) is 4.99 Å². The summed E-state index contributed by atoms with van der Waals surface area (Å²) in [6.45, 7) is 7.40. The summed E-state index contributed by atoms with van der Waals surface area (Å²) in [5, 5.41) is 11.7. The lowest BCUT2D eigenvalue weighted by Gasteiger charge is -2.37. The molecule has 1 unspecified atom stereocenters. The number of hydrogen-bond acceptors (Lipinski definition) is 6. The van der Waals surface area contributed by atoms with Gasteiger partial charge >= 0.3 is 0 Å². The van der Waals surface area contributed by atoms with Gasteiger partial charge in [-0.15, -0.1) is 34.2 Å². The summed E-state index contributed by atoms with van der Waals surface area (Å²) >= 11 is 0. The van der Waals surface area contributed by atoms with E-state index in [1.165, 1.54) is 0 Å². The highest BCUT2D eigenvalue weighted by molar-refractivity contribution is 14.0. The van der Waals surface area contributed by atoms with Crippen LogP contribution in [0.15, 0.2) is 4.99 Å². The maximum Gasteiger partial charge on any atom is 0.251 e. The minimum atomic E-state index is -0.249. The molecule has 3 rings (SSSR count). The van der Waals surface area contributed by atoms with Crippen molar-refractivity contribution >= 4 is 35.8 Å². The average molecular weight is 535 g/mol. The van der Waals surface area contributed by atoms with Gasteiger partial charge in [0.1, 0.15) is 18.5 Å². The number of carbonyl (C=O) groups is 1. The van der Waals surface area contributed by atoms with Crippen LogP contribution in [0.25, 0.3) is 0 Å². The van der Waals surface area contributed by atoms with Crippen molar-refractivity contribution in [2.45, 2.75) is 38.8 Å². The number of methoxy groups -OCH3 is 1. The normalized spacial score (nSPS) is 19.7. The van der Waals surface area contributed by atoms with Crippen molar-refractivity contribution in [3.05, 3.63) is 11.6 Å². The summed E-state index contributed by atoms with van der Waals surface area (Å²) in [7, 11) is 3.65. The molecule has 11 heteroatoms. The van der Waals surface area contributed by atoms with Crippen LogP contribution in [0.4, 0.5) is 0 Å². The number of amides is 1. The Hall–Kier alpha value is -1.47. The molecule has 0 saturated carbocycles.